The van der Waals surface area contributed by atoms with Crippen molar-refractivity contribution < 1.29 is 18.3 Å². The molecule has 32 heavy (non-hydrogen) atoms. The van der Waals surface area contributed by atoms with Crippen molar-refractivity contribution in [2.24, 2.45) is 0 Å². The van der Waals surface area contributed by atoms with Gasteiger partial charge in [-0.15, -0.1) is 0 Å². The van der Waals surface area contributed by atoms with E-state index in [0.717, 1.165) is 48.1 Å². The molecule has 0 aromatic heterocycles. The van der Waals surface area contributed by atoms with Gasteiger partial charge in [0.05, 0.1) is 11.2 Å². The molecule has 0 aliphatic heterocycles. The summed E-state index contributed by atoms with van der Waals surface area (Å²) >= 11 is 6.15. The maximum Gasteiger partial charge on any atom is 0.416 e. The van der Waals surface area contributed by atoms with Gasteiger partial charge in [0.2, 0.25) is 0 Å². The van der Waals surface area contributed by atoms with Crippen LogP contribution in [0.2, 0.25) is 5.02 Å². The van der Waals surface area contributed by atoms with Gasteiger partial charge in [0, 0.05) is 5.02 Å². The average molecular weight is 467 g/mol. The van der Waals surface area contributed by atoms with E-state index in [1.807, 2.05) is 6.07 Å². The summed E-state index contributed by atoms with van der Waals surface area (Å²) in [6, 6.07) is 7.08. The normalized spacial score (nSPS) is 14.0. The number of rotatable bonds is 11. The van der Waals surface area contributed by atoms with E-state index >= 15 is 0 Å². The summed E-state index contributed by atoms with van der Waals surface area (Å²) in [6.45, 7) is 14.9. The zero-order chi connectivity index (χ0) is 24.5. The van der Waals surface area contributed by atoms with Crippen LogP contribution in [0.4, 0.5) is 13.2 Å². The number of hydrogen-bond acceptors (Lipinski definition) is 1. The van der Waals surface area contributed by atoms with E-state index in [1.54, 1.807) is 45.9 Å². The van der Waals surface area contributed by atoms with Gasteiger partial charge in [0.25, 0.3) is 0 Å². The van der Waals surface area contributed by atoms with Gasteiger partial charge in [-0.2, -0.15) is 13.2 Å². The van der Waals surface area contributed by atoms with Crippen LogP contribution in [0, 0.1) is 0 Å². The second-order valence-electron chi connectivity index (χ2n) is 8.72. The fraction of sp³-hybridized carbons (Fsp3) is 0.407. The Balaban J connectivity index is 3.14. The number of aliphatic hydroxyl groups is 1. The molecule has 0 radical (unpaired) electrons. The first kappa shape index (κ1) is 28.0. The minimum absolute atomic E-state index is 0.481. The lowest BCUT2D eigenvalue weighted by atomic mass is 9.89. The van der Waals surface area contributed by atoms with Crippen LogP contribution in [0.5, 0.6) is 0 Å². The van der Waals surface area contributed by atoms with Crippen molar-refractivity contribution in [3.63, 3.8) is 0 Å². The predicted octanol–water partition coefficient (Wildman–Crippen LogP) is 9.01. The lowest BCUT2D eigenvalue weighted by Crippen LogP contribution is -2.18. The van der Waals surface area contributed by atoms with Crippen molar-refractivity contribution in [2.75, 3.05) is 0 Å². The third-order valence-corrected chi connectivity index (χ3v) is 5.08. The first-order valence-corrected chi connectivity index (χ1v) is 11.1. The topological polar surface area (TPSA) is 20.2 Å². The summed E-state index contributed by atoms with van der Waals surface area (Å²) in [7, 11) is 0. The number of benzene rings is 1. The third kappa shape index (κ3) is 10.1. The van der Waals surface area contributed by atoms with Crippen molar-refractivity contribution in [3.05, 3.63) is 88.5 Å². The molecule has 0 amide bonds. The molecule has 0 unspecified atom stereocenters. The Kier molecular flexibility index (Phi) is 10.7. The Morgan fingerprint density at radius 3 is 2.28 bits per heavy atom. The molecule has 0 atom stereocenters. The Hall–Kier alpha value is -2.04. The van der Waals surface area contributed by atoms with Gasteiger partial charge >= 0.3 is 6.18 Å². The van der Waals surface area contributed by atoms with Gasteiger partial charge < -0.3 is 5.11 Å². The van der Waals surface area contributed by atoms with Crippen LogP contribution in [-0.4, -0.2) is 16.9 Å². The summed E-state index contributed by atoms with van der Waals surface area (Å²) in [6.07, 6.45) is 2.78. The third-order valence-electron chi connectivity index (χ3n) is 4.85. The molecule has 1 aromatic rings. The SMILES string of the molecule is C=C(CCCCC(=C)/C(=C(C)/C=C(\C=C/C)C(F)(F)F)c1cccc(Cl)c1)CC(C)(C)O. The summed E-state index contributed by atoms with van der Waals surface area (Å²) in [5.74, 6) is 0. The van der Waals surface area contributed by atoms with Crippen LogP contribution >= 0.6 is 11.6 Å². The highest BCUT2D eigenvalue weighted by Gasteiger charge is 2.31. The summed E-state index contributed by atoms with van der Waals surface area (Å²) in [5, 5.41) is 10.4. The average Bonchev–Trinajstić information content (AvgIpc) is 2.63. The van der Waals surface area contributed by atoms with Gasteiger partial charge in [-0.3, -0.25) is 0 Å². The Morgan fingerprint density at radius 1 is 1.12 bits per heavy atom. The molecule has 1 aromatic carbocycles. The highest BCUT2D eigenvalue weighted by atomic mass is 35.5. The molecule has 0 heterocycles. The van der Waals surface area contributed by atoms with Crippen molar-refractivity contribution in [2.45, 2.75) is 71.6 Å². The Labute approximate surface area is 195 Å². The molecule has 176 valence electrons. The molecule has 0 fully saturated rings. The quantitative estimate of drug-likeness (QED) is 0.196. The molecule has 0 spiro atoms. The van der Waals surface area contributed by atoms with Crippen LogP contribution < -0.4 is 0 Å². The Morgan fingerprint density at radius 2 is 1.75 bits per heavy atom. The fourth-order valence-electron chi connectivity index (χ4n) is 3.60. The maximum atomic E-state index is 13.4. The highest BCUT2D eigenvalue weighted by molar-refractivity contribution is 6.30. The summed E-state index contributed by atoms with van der Waals surface area (Å²) < 4.78 is 40.3. The number of alkyl halides is 3. The van der Waals surface area contributed by atoms with Crippen molar-refractivity contribution in [1.29, 1.82) is 0 Å². The largest absolute Gasteiger partial charge is 0.416 e. The summed E-state index contributed by atoms with van der Waals surface area (Å²) in [5.41, 5.74) is 2.14. The molecular formula is C27H34ClF3O. The Bertz CT molecular complexity index is 896. The van der Waals surface area contributed by atoms with Crippen LogP contribution in [0.3, 0.4) is 0 Å². The number of hydrogen-bond donors (Lipinski definition) is 1. The highest BCUT2D eigenvalue weighted by Crippen LogP contribution is 2.34. The van der Waals surface area contributed by atoms with Gasteiger partial charge in [0.15, 0.2) is 0 Å². The lowest BCUT2D eigenvalue weighted by Gasteiger charge is -2.19. The molecule has 0 aliphatic rings. The van der Waals surface area contributed by atoms with Gasteiger partial charge in [-0.1, -0.05) is 54.6 Å². The van der Waals surface area contributed by atoms with Crippen molar-refractivity contribution in [3.8, 4) is 0 Å². The zero-order valence-corrected chi connectivity index (χ0v) is 20.2. The van der Waals surface area contributed by atoms with E-state index < -0.39 is 17.4 Å². The second kappa shape index (κ2) is 12.3. The van der Waals surface area contributed by atoms with E-state index in [1.165, 1.54) is 6.08 Å². The predicted molar refractivity (Wildman–Crippen MR) is 131 cm³/mol. The van der Waals surface area contributed by atoms with E-state index in [4.69, 9.17) is 11.6 Å². The standard InChI is InChI=1S/C27H34ClF3O/c1-7-11-23(27(29,30)31)16-21(4)25(22-14-10-15-24(28)17-22)20(3)13-9-8-12-19(2)18-26(5,6)32/h7,10-11,14-17,32H,2-3,8-9,12-13,18H2,1,4-6H3/b11-7-,23-16+,25-21-. The van der Waals surface area contributed by atoms with Crippen LogP contribution in [0.1, 0.15) is 65.4 Å². The zero-order valence-electron chi connectivity index (χ0n) is 19.5. The monoisotopic (exact) mass is 466 g/mol. The van der Waals surface area contributed by atoms with Gasteiger partial charge in [0.1, 0.15) is 0 Å². The molecule has 0 saturated carbocycles. The van der Waals surface area contributed by atoms with E-state index in [-0.39, 0.29) is 0 Å². The molecular weight excluding hydrogens is 433 g/mol. The van der Waals surface area contributed by atoms with E-state index in [0.29, 0.717) is 29.0 Å². The van der Waals surface area contributed by atoms with Gasteiger partial charge in [-0.05, 0) is 100 Å². The molecule has 1 rings (SSSR count). The van der Waals surface area contributed by atoms with Crippen molar-refractivity contribution in [1.82, 2.24) is 0 Å². The number of halogens is 4. The fourth-order valence-corrected chi connectivity index (χ4v) is 3.79. The smallest absolute Gasteiger partial charge is 0.390 e. The van der Waals surface area contributed by atoms with Crippen LogP contribution in [0.25, 0.3) is 5.57 Å². The minimum Gasteiger partial charge on any atom is -0.390 e. The first-order chi connectivity index (χ1) is 14.7. The van der Waals surface area contributed by atoms with Crippen LogP contribution in [-0.2, 0) is 0 Å². The molecule has 5 heteroatoms. The minimum atomic E-state index is -4.45. The van der Waals surface area contributed by atoms with E-state index in [2.05, 4.69) is 13.2 Å². The van der Waals surface area contributed by atoms with E-state index in [9.17, 15) is 18.3 Å². The van der Waals surface area contributed by atoms with Crippen LogP contribution in [0.15, 0.2) is 77.9 Å². The maximum absolute atomic E-state index is 13.4. The molecule has 1 N–H and O–H groups in total. The lowest BCUT2D eigenvalue weighted by molar-refractivity contribution is -0.0882. The molecule has 1 nitrogen and oxygen atoms in total. The second-order valence-corrected chi connectivity index (χ2v) is 9.15. The number of allylic oxidation sites excluding steroid dienone is 7. The summed E-state index contributed by atoms with van der Waals surface area (Å²) in [4.78, 5) is 0. The molecule has 0 bridgehead atoms. The van der Waals surface area contributed by atoms with Crippen molar-refractivity contribution >= 4 is 17.2 Å². The van der Waals surface area contributed by atoms with Gasteiger partial charge in [-0.25, -0.2) is 0 Å². The molecule has 0 aliphatic carbocycles. The first-order valence-electron chi connectivity index (χ1n) is 10.7. The molecule has 0 saturated heterocycles. The number of unbranched alkanes of at least 4 members (excludes halogenated alkanes) is 1.